The summed E-state index contributed by atoms with van der Waals surface area (Å²) < 4.78 is 6.62. The van der Waals surface area contributed by atoms with E-state index in [1.165, 1.54) is 23.0 Å². The molecule has 0 radical (unpaired) electrons. The first-order chi connectivity index (χ1) is 12.1. The van der Waals surface area contributed by atoms with Crippen molar-refractivity contribution in [3.8, 4) is 5.69 Å². The van der Waals surface area contributed by atoms with Crippen LogP contribution in [0.5, 0.6) is 0 Å². The van der Waals surface area contributed by atoms with Crippen molar-refractivity contribution in [3.05, 3.63) is 51.4 Å². The Bertz CT molecular complexity index is 814. The Morgan fingerprint density at radius 1 is 1.40 bits per heavy atom. The molecule has 2 heterocycles. The van der Waals surface area contributed by atoms with Gasteiger partial charge in [0, 0.05) is 18.7 Å². The number of nitrogens with zero attached hydrogens (tertiary/aromatic N) is 2. The second-order valence-corrected chi connectivity index (χ2v) is 6.34. The highest BCUT2D eigenvalue weighted by Crippen LogP contribution is 2.19. The molecule has 1 aliphatic heterocycles. The van der Waals surface area contributed by atoms with Gasteiger partial charge in [0.15, 0.2) is 0 Å². The number of benzene rings is 1. The van der Waals surface area contributed by atoms with E-state index in [2.05, 4.69) is 10.4 Å². The van der Waals surface area contributed by atoms with E-state index < -0.39 is 11.5 Å². The van der Waals surface area contributed by atoms with Crippen molar-refractivity contribution in [2.24, 2.45) is 11.7 Å². The molecule has 1 fully saturated rings. The Morgan fingerprint density at radius 3 is 2.80 bits per heavy atom. The number of carbonyl (C=O) groups is 1. The first kappa shape index (κ1) is 17.4. The molecule has 25 heavy (non-hydrogen) atoms. The summed E-state index contributed by atoms with van der Waals surface area (Å²) >= 11 is 6.21. The van der Waals surface area contributed by atoms with Crippen LogP contribution in [0.25, 0.3) is 5.69 Å². The number of amides is 1. The first-order valence-corrected chi connectivity index (χ1v) is 8.43. The normalized spacial score (nSPS) is 17.2. The van der Waals surface area contributed by atoms with Crippen LogP contribution in [0.15, 0.2) is 35.3 Å². The number of hydrogen-bond donors (Lipinski definition) is 2. The van der Waals surface area contributed by atoms with Gasteiger partial charge in [0.1, 0.15) is 5.02 Å². The van der Waals surface area contributed by atoms with E-state index in [0.717, 1.165) is 19.4 Å². The monoisotopic (exact) mass is 362 g/mol. The zero-order valence-electron chi connectivity index (χ0n) is 13.6. The Hall–Kier alpha value is -2.38. The maximum Gasteiger partial charge on any atom is 0.292 e. The number of halogens is 1. The molecule has 1 aromatic heterocycles. The highest BCUT2D eigenvalue weighted by molar-refractivity contribution is 6.32. The van der Waals surface area contributed by atoms with Crippen molar-refractivity contribution in [2.75, 3.05) is 25.1 Å². The molecule has 2 aromatic rings. The number of rotatable bonds is 5. The standard InChI is InChI=1S/C17H19ClN4O3/c18-15-14(20-8-11-2-1-7-25-10-11)9-21-22(17(15)24)13-5-3-12(4-6-13)16(19)23/h3-6,9,11,20H,1-2,7-8,10H2,(H2,19,23)/t11-/m0/s1. The van der Waals surface area contributed by atoms with E-state index >= 15 is 0 Å². The summed E-state index contributed by atoms with van der Waals surface area (Å²) in [4.78, 5) is 23.6. The number of carbonyl (C=O) groups excluding carboxylic acids is 1. The fourth-order valence-corrected chi connectivity index (χ4v) is 2.93. The van der Waals surface area contributed by atoms with Crippen LogP contribution in [-0.2, 0) is 4.74 Å². The van der Waals surface area contributed by atoms with E-state index in [1.807, 2.05) is 0 Å². The first-order valence-electron chi connectivity index (χ1n) is 8.06. The summed E-state index contributed by atoms with van der Waals surface area (Å²) in [5.74, 6) is -0.135. The maximum absolute atomic E-state index is 12.5. The van der Waals surface area contributed by atoms with Gasteiger partial charge in [-0.15, -0.1) is 0 Å². The highest BCUT2D eigenvalue weighted by atomic mass is 35.5. The van der Waals surface area contributed by atoms with Gasteiger partial charge in [-0.2, -0.15) is 9.78 Å². The number of nitrogens with one attached hydrogen (secondary N) is 1. The van der Waals surface area contributed by atoms with Crippen LogP contribution in [-0.4, -0.2) is 35.4 Å². The van der Waals surface area contributed by atoms with Crippen LogP contribution in [0.4, 0.5) is 5.69 Å². The molecule has 0 aliphatic carbocycles. The second-order valence-electron chi connectivity index (χ2n) is 5.96. The van der Waals surface area contributed by atoms with Crippen LogP contribution in [0.2, 0.25) is 5.02 Å². The topological polar surface area (TPSA) is 99.2 Å². The van der Waals surface area contributed by atoms with E-state index in [1.54, 1.807) is 12.1 Å². The molecule has 1 saturated heterocycles. The van der Waals surface area contributed by atoms with E-state index in [0.29, 0.717) is 36.0 Å². The zero-order chi connectivity index (χ0) is 17.8. The number of primary amides is 1. The van der Waals surface area contributed by atoms with E-state index in [4.69, 9.17) is 22.1 Å². The minimum Gasteiger partial charge on any atom is -0.382 e. The average molecular weight is 363 g/mol. The Kier molecular flexibility index (Phi) is 5.35. The lowest BCUT2D eigenvalue weighted by Crippen LogP contribution is -2.26. The van der Waals surface area contributed by atoms with Crippen molar-refractivity contribution < 1.29 is 9.53 Å². The van der Waals surface area contributed by atoms with Crippen LogP contribution in [0.1, 0.15) is 23.2 Å². The number of ether oxygens (including phenoxy) is 1. The van der Waals surface area contributed by atoms with Crippen LogP contribution >= 0.6 is 11.6 Å². The molecule has 1 amide bonds. The van der Waals surface area contributed by atoms with Crippen molar-refractivity contribution in [3.63, 3.8) is 0 Å². The van der Waals surface area contributed by atoms with Gasteiger partial charge >= 0.3 is 0 Å². The molecular weight excluding hydrogens is 344 g/mol. The van der Waals surface area contributed by atoms with Crippen LogP contribution in [0, 0.1) is 5.92 Å². The third kappa shape index (κ3) is 4.00. The van der Waals surface area contributed by atoms with Gasteiger partial charge in [0.2, 0.25) is 5.91 Å². The molecule has 0 bridgehead atoms. The number of anilines is 1. The van der Waals surface area contributed by atoms with E-state index in [-0.39, 0.29) is 5.02 Å². The lowest BCUT2D eigenvalue weighted by molar-refractivity contribution is 0.0595. The third-order valence-electron chi connectivity index (χ3n) is 4.15. The summed E-state index contributed by atoms with van der Waals surface area (Å²) in [5.41, 5.74) is 6.14. The molecular formula is C17H19ClN4O3. The summed E-state index contributed by atoms with van der Waals surface area (Å²) in [6.07, 6.45) is 3.65. The summed E-state index contributed by atoms with van der Waals surface area (Å²) in [5, 5.41) is 7.41. The number of hydrogen-bond acceptors (Lipinski definition) is 5. The molecule has 132 valence electrons. The van der Waals surface area contributed by atoms with Gasteiger partial charge < -0.3 is 15.8 Å². The SMILES string of the molecule is NC(=O)c1ccc(-n2ncc(NC[C@@H]3CCCOC3)c(Cl)c2=O)cc1. The smallest absolute Gasteiger partial charge is 0.292 e. The summed E-state index contributed by atoms with van der Waals surface area (Å²) in [6.45, 7) is 2.20. The molecule has 1 aromatic carbocycles. The van der Waals surface area contributed by atoms with Gasteiger partial charge in [0.25, 0.3) is 5.56 Å². The molecule has 3 N–H and O–H groups in total. The van der Waals surface area contributed by atoms with Crippen molar-refractivity contribution in [2.45, 2.75) is 12.8 Å². The van der Waals surface area contributed by atoms with E-state index in [9.17, 15) is 9.59 Å². The molecule has 8 heteroatoms. The third-order valence-corrected chi connectivity index (χ3v) is 4.52. The highest BCUT2D eigenvalue weighted by Gasteiger charge is 2.16. The van der Waals surface area contributed by atoms with Crippen LogP contribution < -0.4 is 16.6 Å². The van der Waals surface area contributed by atoms with Gasteiger partial charge in [-0.25, -0.2) is 0 Å². The second kappa shape index (κ2) is 7.67. The predicted molar refractivity (Wildman–Crippen MR) is 95.4 cm³/mol. The summed E-state index contributed by atoms with van der Waals surface area (Å²) in [6, 6.07) is 6.26. The average Bonchev–Trinajstić information content (AvgIpc) is 2.64. The molecule has 0 unspecified atom stereocenters. The van der Waals surface area contributed by atoms with Crippen molar-refractivity contribution >= 4 is 23.2 Å². The van der Waals surface area contributed by atoms with Crippen LogP contribution in [0.3, 0.4) is 0 Å². The molecule has 0 spiro atoms. The molecule has 3 rings (SSSR count). The lowest BCUT2D eigenvalue weighted by Gasteiger charge is -2.22. The molecule has 1 aliphatic rings. The zero-order valence-corrected chi connectivity index (χ0v) is 14.3. The summed E-state index contributed by atoms with van der Waals surface area (Å²) in [7, 11) is 0. The van der Waals surface area contributed by atoms with Crippen molar-refractivity contribution in [1.29, 1.82) is 0 Å². The minimum atomic E-state index is -0.531. The van der Waals surface area contributed by atoms with Gasteiger partial charge in [-0.05, 0) is 43.0 Å². The Labute approximate surface area is 149 Å². The molecule has 0 saturated carbocycles. The Morgan fingerprint density at radius 2 is 2.16 bits per heavy atom. The van der Waals surface area contributed by atoms with Gasteiger partial charge in [-0.1, -0.05) is 11.6 Å². The largest absolute Gasteiger partial charge is 0.382 e. The number of nitrogens with two attached hydrogens (primary N) is 1. The fourth-order valence-electron chi connectivity index (χ4n) is 2.73. The quantitative estimate of drug-likeness (QED) is 0.845. The minimum absolute atomic E-state index is 0.0747. The van der Waals surface area contributed by atoms with Gasteiger partial charge in [0.05, 0.1) is 24.2 Å². The lowest BCUT2D eigenvalue weighted by atomic mass is 10.0. The van der Waals surface area contributed by atoms with Gasteiger partial charge in [-0.3, -0.25) is 9.59 Å². The fraction of sp³-hybridized carbons (Fsp3) is 0.353. The molecule has 1 atom stereocenters. The number of aromatic nitrogens is 2. The molecule has 7 nitrogen and oxygen atoms in total. The maximum atomic E-state index is 12.5. The predicted octanol–water partition coefficient (Wildman–Crippen LogP) is 1.82. The Balaban J connectivity index is 1.77. The van der Waals surface area contributed by atoms with Crippen molar-refractivity contribution in [1.82, 2.24) is 9.78 Å².